The Morgan fingerprint density at radius 3 is 2.76 bits per heavy atom. The van der Waals surface area contributed by atoms with Crippen molar-refractivity contribution in [3.8, 4) is 6.07 Å². The van der Waals surface area contributed by atoms with Crippen molar-refractivity contribution in [1.82, 2.24) is 0 Å². The van der Waals surface area contributed by atoms with Crippen LogP contribution in [0.25, 0.3) is 0 Å². The van der Waals surface area contributed by atoms with Gasteiger partial charge >= 0.3 is 0 Å². The van der Waals surface area contributed by atoms with Gasteiger partial charge < -0.3 is 4.90 Å². The van der Waals surface area contributed by atoms with Crippen LogP contribution in [0.1, 0.15) is 19.4 Å². The SMILES string of the molecule is CCN(CC(C)C#N)c1ccc(F)cc1CBr. The molecule has 4 heteroatoms. The lowest BCUT2D eigenvalue weighted by atomic mass is 10.1. The van der Waals surface area contributed by atoms with Crippen LogP contribution in [0, 0.1) is 23.1 Å². The third-order valence-corrected chi connectivity index (χ3v) is 3.23. The van der Waals surface area contributed by atoms with Crippen LogP contribution in [0.4, 0.5) is 10.1 Å². The highest BCUT2D eigenvalue weighted by atomic mass is 79.9. The molecule has 0 N–H and O–H groups in total. The molecule has 0 radical (unpaired) electrons. The Morgan fingerprint density at radius 2 is 2.24 bits per heavy atom. The standard InChI is InChI=1S/C13H16BrFN2/c1-3-17(9-10(2)8-16)13-5-4-12(15)6-11(13)7-14/h4-6,10H,3,7,9H2,1-2H3. The molecule has 1 unspecified atom stereocenters. The van der Waals surface area contributed by atoms with Gasteiger partial charge in [0.2, 0.25) is 0 Å². The van der Waals surface area contributed by atoms with Gasteiger partial charge in [-0.1, -0.05) is 15.9 Å². The van der Waals surface area contributed by atoms with Gasteiger partial charge in [0.25, 0.3) is 0 Å². The van der Waals surface area contributed by atoms with Crippen LogP contribution in [-0.2, 0) is 5.33 Å². The lowest BCUT2D eigenvalue weighted by Crippen LogP contribution is -2.28. The number of rotatable bonds is 5. The zero-order chi connectivity index (χ0) is 12.8. The van der Waals surface area contributed by atoms with Crippen LogP contribution >= 0.6 is 15.9 Å². The lowest BCUT2D eigenvalue weighted by Gasteiger charge is -2.26. The summed E-state index contributed by atoms with van der Waals surface area (Å²) >= 11 is 3.36. The van der Waals surface area contributed by atoms with Crippen molar-refractivity contribution in [3.63, 3.8) is 0 Å². The molecule has 0 aliphatic rings. The van der Waals surface area contributed by atoms with Crippen molar-refractivity contribution in [1.29, 1.82) is 5.26 Å². The van der Waals surface area contributed by atoms with Crippen molar-refractivity contribution in [3.05, 3.63) is 29.6 Å². The van der Waals surface area contributed by atoms with Crippen molar-refractivity contribution >= 4 is 21.6 Å². The van der Waals surface area contributed by atoms with Crippen LogP contribution in [0.3, 0.4) is 0 Å². The molecule has 0 heterocycles. The Kier molecular flexibility index (Phi) is 5.43. The fraction of sp³-hybridized carbons (Fsp3) is 0.462. The summed E-state index contributed by atoms with van der Waals surface area (Å²) in [6, 6.07) is 6.99. The first kappa shape index (κ1) is 14.0. The van der Waals surface area contributed by atoms with Crippen LogP contribution in [-0.4, -0.2) is 13.1 Å². The Morgan fingerprint density at radius 1 is 1.53 bits per heavy atom. The molecule has 0 aromatic heterocycles. The molecule has 0 spiro atoms. The summed E-state index contributed by atoms with van der Waals surface area (Å²) in [5.74, 6) is -0.268. The molecule has 0 saturated heterocycles. The van der Waals surface area contributed by atoms with E-state index in [1.165, 1.54) is 12.1 Å². The van der Waals surface area contributed by atoms with E-state index in [1.807, 2.05) is 13.8 Å². The molecule has 1 rings (SSSR count). The first-order chi connectivity index (χ1) is 8.12. The molecular formula is C13H16BrFN2. The Hall–Kier alpha value is -1.08. The number of nitrogens with zero attached hydrogens (tertiary/aromatic N) is 2. The summed E-state index contributed by atoms with van der Waals surface area (Å²) < 4.78 is 13.1. The summed E-state index contributed by atoms with van der Waals surface area (Å²) in [5, 5.41) is 9.46. The van der Waals surface area contributed by atoms with Gasteiger partial charge in [-0.25, -0.2) is 4.39 Å². The highest BCUT2D eigenvalue weighted by Gasteiger charge is 2.12. The first-order valence-corrected chi connectivity index (χ1v) is 6.73. The van der Waals surface area contributed by atoms with E-state index >= 15 is 0 Å². The number of hydrogen-bond acceptors (Lipinski definition) is 2. The highest BCUT2D eigenvalue weighted by molar-refractivity contribution is 9.08. The Labute approximate surface area is 110 Å². The van der Waals surface area contributed by atoms with Crippen molar-refractivity contribution in [2.45, 2.75) is 19.2 Å². The van der Waals surface area contributed by atoms with Gasteiger partial charge in [-0.2, -0.15) is 5.26 Å². The lowest BCUT2D eigenvalue weighted by molar-refractivity contribution is 0.625. The second-order valence-electron chi connectivity index (χ2n) is 3.98. The van der Waals surface area contributed by atoms with Crippen LogP contribution in [0.5, 0.6) is 0 Å². The zero-order valence-electron chi connectivity index (χ0n) is 10.1. The minimum absolute atomic E-state index is 0.0387. The molecule has 2 nitrogen and oxygen atoms in total. The number of hydrogen-bond donors (Lipinski definition) is 0. The molecule has 1 aromatic rings. The molecule has 17 heavy (non-hydrogen) atoms. The van der Waals surface area contributed by atoms with Crippen LogP contribution in [0.2, 0.25) is 0 Å². The van der Waals surface area contributed by atoms with Crippen LogP contribution < -0.4 is 4.90 Å². The Bertz CT molecular complexity index is 414. The number of benzene rings is 1. The van der Waals surface area contributed by atoms with Crippen molar-refractivity contribution < 1.29 is 4.39 Å². The van der Waals surface area contributed by atoms with E-state index in [-0.39, 0.29) is 11.7 Å². The zero-order valence-corrected chi connectivity index (χ0v) is 11.7. The minimum Gasteiger partial charge on any atom is -0.370 e. The topological polar surface area (TPSA) is 27.0 Å². The summed E-state index contributed by atoms with van der Waals surface area (Å²) in [7, 11) is 0. The van der Waals surface area contributed by atoms with Crippen molar-refractivity contribution in [2.24, 2.45) is 5.92 Å². The average molecular weight is 299 g/mol. The predicted molar refractivity (Wildman–Crippen MR) is 71.7 cm³/mol. The van der Waals surface area contributed by atoms with E-state index in [0.29, 0.717) is 11.9 Å². The maximum absolute atomic E-state index is 13.1. The van der Waals surface area contributed by atoms with E-state index in [9.17, 15) is 4.39 Å². The second kappa shape index (κ2) is 6.61. The van der Waals surface area contributed by atoms with Gasteiger partial charge in [-0.3, -0.25) is 0 Å². The molecule has 1 atom stereocenters. The molecule has 0 bridgehead atoms. The maximum atomic E-state index is 13.1. The average Bonchev–Trinajstić information content (AvgIpc) is 2.35. The smallest absolute Gasteiger partial charge is 0.123 e. The van der Waals surface area contributed by atoms with Gasteiger partial charge in [0.1, 0.15) is 5.82 Å². The molecule has 0 amide bonds. The molecule has 1 aromatic carbocycles. The summed E-state index contributed by atoms with van der Waals surface area (Å²) in [6.07, 6.45) is 0. The normalized spacial score (nSPS) is 11.9. The molecule has 0 fully saturated rings. The number of alkyl halides is 1. The number of halogens is 2. The van der Waals surface area contributed by atoms with Gasteiger partial charge in [0.05, 0.1) is 12.0 Å². The molecule has 0 aliphatic carbocycles. The third-order valence-electron chi connectivity index (χ3n) is 2.62. The van der Waals surface area contributed by atoms with E-state index in [4.69, 9.17) is 5.26 Å². The summed E-state index contributed by atoms with van der Waals surface area (Å²) in [5.41, 5.74) is 1.91. The van der Waals surface area contributed by atoms with Crippen molar-refractivity contribution in [2.75, 3.05) is 18.0 Å². The third kappa shape index (κ3) is 3.71. The fourth-order valence-corrected chi connectivity index (χ4v) is 2.19. The fourth-order valence-electron chi connectivity index (χ4n) is 1.74. The van der Waals surface area contributed by atoms with Crippen LogP contribution in [0.15, 0.2) is 18.2 Å². The largest absolute Gasteiger partial charge is 0.370 e. The maximum Gasteiger partial charge on any atom is 0.123 e. The number of anilines is 1. The van der Waals surface area contributed by atoms with Gasteiger partial charge in [-0.15, -0.1) is 0 Å². The monoisotopic (exact) mass is 298 g/mol. The molecule has 0 saturated carbocycles. The van der Waals surface area contributed by atoms with Gasteiger partial charge in [-0.05, 0) is 37.6 Å². The molecule has 92 valence electrons. The number of nitriles is 1. The Balaban J connectivity index is 2.99. The summed E-state index contributed by atoms with van der Waals surface area (Å²) in [6.45, 7) is 5.39. The predicted octanol–water partition coefficient (Wildman–Crippen LogP) is 3.71. The highest BCUT2D eigenvalue weighted by Crippen LogP contribution is 2.24. The van der Waals surface area contributed by atoms with Gasteiger partial charge in [0, 0.05) is 24.1 Å². The minimum atomic E-state index is -0.229. The second-order valence-corrected chi connectivity index (χ2v) is 4.54. The van der Waals surface area contributed by atoms with E-state index in [0.717, 1.165) is 17.8 Å². The van der Waals surface area contributed by atoms with Gasteiger partial charge in [0.15, 0.2) is 0 Å². The van der Waals surface area contributed by atoms with E-state index in [2.05, 4.69) is 26.9 Å². The quantitative estimate of drug-likeness (QED) is 0.775. The molecule has 0 aliphatic heterocycles. The van der Waals surface area contributed by atoms with E-state index < -0.39 is 0 Å². The first-order valence-electron chi connectivity index (χ1n) is 5.61. The summed E-state index contributed by atoms with van der Waals surface area (Å²) in [4.78, 5) is 2.10. The molecular weight excluding hydrogens is 283 g/mol. The van der Waals surface area contributed by atoms with E-state index in [1.54, 1.807) is 6.07 Å².